The molecule has 1 aliphatic heterocycles. The molecule has 0 aliphatic carbocycles. The van der Waals surface area contributed by atoms with Crippen molar-refractivity contribution in [1.82, 2.24) is 14.3 Å². The second-order valence-corrected chi connectivity index (χ2v) is 8.06. The van der Waals surface area contributed by atoms with Crippen LogP contribution >= 0.6 is 34.7 Å². The van der Waals surface area contributed by atoms with E-state index >= 15 is 0 Å². The van der Waals surface area contributed by atoms with E-state index in [0.29, 0.717) is 13.0 Å². The van der Waals surface area contributed by atoms with Crippen LogP contribution in [0.5, 0.6) is 0 Å². The maximum absolute atomic E-state index is 12.1. The topological polar surface area (TPSA) is 49.3 Å². The highest BCUT2D eigenvalue weighted by atomic mass is 35.5. The van der Waals surface area contributed by atoms with Crippen LogP contribution in [0.25, 0.3) is 0 Å². The summed E-state index contributed by atoms with van der Waals surface area (Å²) in [6.45, 7) is 5.90. The molecule has 8 heteroatoms. The van der Waals surface area contributed by atoms with E-state index in [4.69, 9.17) is 23.2 Å². The van der Waals surface area contributed by atoms with Crippen LogP contribution in [0, 0.1) is 0 Å². The summed E-state index contributed by atoms with van der Waals surface area (Å²) in [5, 5.41) is 1.15. The van der Waals surface area contributed by atoms with Gasteiger partial charge in [0.15, 0.2) is 0 Å². The quantitative estimate of drug-likeness (QED) is 0.739. The first kappa shape index (κ1) is 18.4. The number of alkyl halides is 1. The summed E-state index contributed by atoms with van der Waals surface area (Å²) >= 11 is 13.3. The third-order valence-corrected chi connectivity index (χ3v) is 5.51. The van der Waals surface area contributed by atoms with E-state index in [0.717, 1.165) is 34.6 Å². The Morgan fingerprint density at radius 1 is 1.36 bits per heavy atom. The third kappa shape index (κ3) is 4.43. The van der Waals surface area contributed by atoms with Gasteiger partial charge in [0.2, 0.25) is 11.0 Å². The van der Waals surface area contributed by atoms with Gasteiger partial charge < -0.3 is 9.80 Å². The number of halogens is 2. The van der Waals surface area contributed by atoms with Crippen LogP contribution < -0.4 is 4.90 Å². The van der Waals surface area contributed by atoms with Gasteiger partial charge in [-0.2, -0.15) is 4.37 Å². The number of nitrogens with zero attached hydrogens (tertiary/aromatic N) is 4. The molecule has 0 unspecified atom stereocenters. The van der Waals surface area contributed by atoms with Crippen LogP contribution in [-0.2, 0) is 11.2 Å². The summed E-state index contributed by atoms with van der Waals surface area (Å²) in [5.41, 5.74) is 1.13. The van der Waals surface area contributed by atoms with Gasteiger partial charge in [-0.1, -0.05) is 23.7 Å². The number of piperazine rings is 1. The number of carbonyl (C=O) groups is 1. The number of anilines is 1. The first-order valence-corrected chi connectivity index (χ1v) is 9.79. The van der Waals surface area contributed by atoms with Crippen molar-refractivity contribution in [2.24, 2.45) is 0 Å². The molecule has 5 nitrogen and oxygen atoms in total. The zero-order chi connectivity index (χ0) is 18.0. The van der Waals surface area contributed by atoms with Gasteiger partial charge in [0.1, 0.15) is 11.2 Å². The van der Waals surface area contributed by atoms with Gasteiger partial charge in [0.25, 0.3) is 0 Å². The van der Waals surface area contributed by atoms with Gasteiger partial charge >= 0.3 is 0 Å². The maximum atomic E-state index is 12.1. The Labute approximate surface area is 161 Å². The van der Waals surface area contributed by atoms with E-state index in [1.165, 1.54) is 11.5 Å². The number of amides is 1. The van der Waals surface area contributed by atoms with E-state index in [1.807, 2.05) is 36.1 Å². The Morgan fingerprint density at radius 3 is 2.72 bits per heavy atom. The molecule has 2 heterocycles. The molecule has 0 radical (unpaired) electrons. The molecule has 134 valence electrons. The molecule has 1 fully saturated rings. The van der Waals surface area contributed by atoms with Crippen molar-refractivity contribution in [2.75, 3.05) is 24.5 Å². The fraction of sp³-hybridized carbons (Fsp3) is 0.471. The van der Waals surface area contributed by atoms with Crippen LogP contribution in [0.2, 0.25) is 5.02 Å². The molecular weight excluding hydrogens is 379 g/mol. The van der Waals surface area contributed by atoms with Gasteiger partial charge in [0.05, 0.1) is 0 Å². The average molecular weight is 399 g/mol. The smallest absolute Gasteiger partial charge is 0.240 e. The Hall–Kier alpha value is -1.37. The Morgan fingerprint density at radius 2 is 2.08 bits per heavy atom. The van der Waals surface area contributed by atoms with Crippen molar-refractivity contribution in [3.8, 4) is 0 Å². The standard InChI is InChI=1S/C17H20Cl2N4OS/c1-11-10-22(7-8-23(11)16(24)12(2)18)17-20-15(21-25-17)9-13-3-5-14(19)6-4-13/h3-6,11-12H,7-10H2,1-2H3/t11-,12-/m1/s1. The summed E-state index contributed by atoms with van der Waals surface area (Å²) in [7, 11) is 0. The number of benzene rings is 1. The molecule has 1 aliphatic rings. The molecule has 1 aromatic heterocycles. The lowest BCUT2D eigenvalue weighted by Gasteiger charge is -2.40. The van der Waals surface area contributed by atoms with E-state index in [2.05, 4.69) is 14.3 Å². The molecule has 0 saturated carbocycles. The fourth-order valence-electron chi connectivity index (χ4n) is 2.92. The van der Waals surface area contributed by atoms with Gasteiger partial charge in [0, 0.05) is 48.7 Å². The number of rotatable bonds is 4. The van der Waals surface area contributed by atoms with Crippen LogP contribution in [0.4, 0.5) is 5.13 Å². The van der Waals surface area contributed by atoms with Crippen LogP contribution in [-0.4, -0.2) is 51.2 Å². The second kappa shape index (κ2) is 7.89. The molecule has 1 amide bonds. The normalized spacial score (nSPS) is 19.1. The maximum Gasteiger partial charge on any atom is 0.240 e. The van der Waals surface area contributed by atoms with E-state index in [9.17, 15) is 4.79 Å². The minimum Gasteiger partial charge on any atom is -0.343 e. The zero-order valence-electron chi connectivity index (χ0n) is 14.2. The van der Waals surface area contributed by atoms with Crippen molar-refractivity contribution in [3.63, 3.8) is 0 Å². The second-order valence-electron chi connectivity index (χ2n) is 6.24. The lowest BCUT2D eigenvalue weighted by molar-refractivity contribution is -0.132. The zero-order valence-corrected chi connectivity index (χ0v) is 16.5. The Kier molecular flexibility index (Phi) is 5.81. The monoisotopic (exact) mass is 398 g/mol. The van der Waals surface area contributed by atoms with Crippen molar-refractivity contribution >= 4 is 45.8 Å². The van der Waals surface area contributed by atoms with Crippen molar-refractivity contribution in [2.45, 2.75) is 31.7 Å². The molecule has 1 aromatic carbocycles. The predicted octanol–water partition coefficient (Wildman–Crippen LogP) is 3.45. The van der Waals surface area contributed by atoms with Crippen LogP contribution in [0.3, 0.4) is 0 Å². The Bertz CT molecular complexity index is 735. The predicted molar refractivity (Wildman–Crippen MR) is 103 cm³/mol. The van der Waals surface area contributed by atoms with Crippen molar-refractivity contribution in [1.29, 1.82) is 0 Å². The lowest BCUT2D eigenvalue weighted by atomic mass is 10.1. The summed E-state index contributed by atoms with van der Waals surface area (Å²) in [4.78, 5) is 20.8. The first-order valence-electron chi connectivity index (χ1n) is 8.20. The number of hydrogen-bond donors (Lipinski definition) is 0. The Balaban J connectivity index is 1.63. The molecule has 2 atom stereocenters. The molecule has 3 rings (SSSR count). The van der Waals surface area contributed by atoms with Gasteiger partial charge in [-0.3, -0.25) is 4.79 Å². The highest BCUT2D eigenvalue weighted by molar-refractivity contribution is 7.09. The van der Waals surface area contributed by atoms with E-state index in [-0.39, 0.29) is 11.9 Å². The molecule has 25 heavy (non-hydrogen) atoms. The molecule has 0 spiro atoms. The van der Waals surface area contributed by atoms with E-state index < -0.39 is 5.38 Å². The SMILES string of the molecule is C[C@@H]1CN(c2nc(Cc3ccc(Cl)cc3)ns2)CCN1C(=O)[C@@H](C)Cl. The highest BCUT2D eigenvalue weighted by Crippen LogP contribution is 2.23. The minimum atomic E-state index is -0.485. The number of hydrogen-bond acceptors (Lipinski definition) is 5. The lowest BCUT2D eigenvalue weighted by Crippen LogP contribution is -2.55. The molecular formula is C17H20Cl2N4OS. The molecule has 2 aromatic rings. The fourth-order valence-corrected chi connectivity index (χ4v) is 3.89. The number of aromatic nitrogens is 2. The third-order valence-electron chi connectivity index (χ3n) is 4.25. The molecule has 0 N–H and O–H groups in total. The number of carbonyl (C=O) groups excluding carboxylic acids is 1. The van der Waals surface area contributed by atoms with Gasteiger partial charge in [-0.25, -0.2) is 4.98 Å². The van der Waals surface area contributed by atoms with Crippen molar-refractivity contribution in [3.05, 3.63) is 40.7 Å². The highest BCUT2D eigenvalue weighted by Gasteiger charge is 2.30. The average Bonchev–Trinajstić information content (AvgIpc) is 3.04. The van der Waals surface area contributed by atoms with E-state index in [1.54, 1.807) is 6.92 Å². The first-order chi connectivity index (χ1) is 11.9. The summed E-state index contributed by atoms with van der Waals surface area (Å²) in [6.07, 6.45) is 0.686. The summed E-state index contributed by atoms with van der Waals surface area (Å²) in [6, 6.07) is 7.83. The van der Waals surface area contributed by atoms with Gasteiger partial charge in [-0.15, -0.1) is 11.6 Å². The largest absolute Gasteiger partial charge is 0.343 e. The summed E-state index contributed by atoms with van der Waals surface area (Å²) < 4.78 is 4.47. The molecule has 1 saturated heterocycles. The minimum absolute atomic E-state index is 0.00509. The van der Waals surface area contributed by atoms with Crippen LogP contribution in [0.15, 0.2) is 24.3 Å². The van der Waals surface area contributed by atoms with Crippen LogP contribution in [0.1, 0.15) is 25.2 Å². The van der Waals surface area contributed by atoms with Gasteiger partial charge in [-0.05, 0) is 31.5 Å². The summed E-state index contributed by atoms with van der Waals surface area (Å²) in [5.74, 6) is 0.803. The molecule has 0 bridgehead atoms. The van der Waals surface area contributed by atoms with Crippen molar-refractivity contribution < 1.29 is 4.79 Å².